The molecule has 1 atom stereocenters. The molecule has 2 aromatic carbocycles. The number of rotatable bonds is 2. The van der Waals surface area contributed by atoms with Crippen molar-refractivity contribution in [1.29, 1.82) is 0 Å². The van der Waals surface area contributed by atoms with Crippen molar-refractivity contribution < 1.29 is 9.68 Å². The van der Waals surface area contributed by atoms with E-state index in [4.69, 9.17) is 0 Å². The van der Waals surface area contributed by atoms with E-state index in [0.717, 1.165) is 30.0 Å². The van der Waals surface area contributed by atoms with Gasteiger partial charge in [-0.1, -0.05) is 63.2 Å². The molecule has 2 aromatic rings. The van der Waals surface area contributed by atoms with E-state index in [-0.39, 0.29) is 22.4 Å². The van der Waals surface area contributed by atoms with Crippen LogP contribution < -0.4 is 4.90 Å². The van der Waals surface area contributed by atoms with Crippen LogP contribution in [-0.4, -0.2) is 33.7 Å². The Morgan fingerprint density at radius 3 is 2.33 bits per heavy atom. The molecule has 1 unspecified atom stereocenters. The summed E-state index contributed by atoms with van der Waals surface area (Å²) in [6, 6.07) is 18.8. The molecule has 0 aliphatic carbocycles. The first-order valence-corrected chi connectivity index (χ1v) is 10.3. The third kappa shape index (κ3) is 3.69. The number of amidine groups is 1. The molecule has 0 spiro atoms. The van der Waals surface area contributed by atoms with E-state index < -0.39 is 5.72 Å². The second kappa shape index (κ2) is 7.61. The number of nitrogens with zero attached hydrogens (tertiary/aromatic N) is 2. The molecule has 5 heteroatoms. The van der Waals surface area contributed by atoms with Crippen LogP contribution in [0.25, 0.3) is 0 Å². The summed E-state index contributed by atoms with van der Waals surface area (Å²) in [7, 11) is 0. The Labute approximate surface area is 176 Å². The van der Waals surface area contributed by atoms with E-state index in [9.17, 15) is 5.11 Å². The molecule has 0 saturated heterocycles. The molecule has 0 radical (unpaired) electrons. The van der Waals surface area contributed by atoms with Gasteiger partial charge in [0.15, 0.2) is 6.54 Å². The fourth-order valence-corrected chi connectivity index (χ4v) is 4.99. The van der Waals surface area contributed by atoms with Crippen molar-refractivity contribution in [1.82, 2.24) is 0 Å². The van der Waals surface area contributed by atoms with Crippen LogP contribution in [0.1, 0.15) is 38.3 Å². The van der Waals surface area contributed by atoms with Crippen molar-refractivity contribution >= 4 is 39.6 Å². The number of halogens is 1. The summed E-state index contributed by atoms with van der Waals surface area (Å²) in [5.41, 5.74) is 2.36. The Morgan fingerprint density at radius 2 is 1.70 bits per heavy atom. The predicted octanol–water partition coefficient (Wildman–Crippen LogP) is 4.73. The maximum atomic E-state index is 11.9. The molecular weight excluding hydrogens is 420 g/mol. The van der Waals surface area contributed by atoms with E-state index in [0.29, 0.717) is 6.54 Å². The van der Waals surface area contributed by atoms with E-state index in [2.05, 4.69) is 66.6 Å². The normalized spacial score (nSPS) is 22.4. The zero-order valence-electron chi connectivity index (χ0n) is 16.2. The lowest BCUT2D eigenvalue weighted by atomic mass is 9.86. The molecule has 144 valence electrons. The second-order valence-corrected chi connectivity index (χ2v) is 9.28. The lowest BCUT2D eigenvalue weighted by Crippen LogP contribution is -2.46. The van der Waals surface area contributed by atoms with Crippen LogP contribution in [0.2, 0.25) is 0 Å². The van der Waals surface area contributed by atoms with Crippen LogP contribution in [0.4, 0.5) is 5.69 Å². The Balaban J connectivity index is 0.00000210. The van der Waals surface area contributed by atoms with Crippen LogP contribution in [0, 0.1) is 0 Å². The lowest BCUT2D eigenvalue weighted by Gasteiger charge is -2.29. The van der Waals surface area contributed by atoms with Crippen molar-refractivity contribution in [2.24, 2.45) is 0 Å². The number of hydrogen-bond acceptors (Lipinski definition) is 3. The summed E-state index contributed by atoms with van der Waals surface area (Å²) in [6.45, 7) is 8.27. The Kier molecular flexibility index (Phi) is 5.76. The predicted molar refractivity (Wildman–Crippen MR) is 120 cm³/mol. The van der Waals surface area contributed by atoms with Gasteiger partial charge in [-0.25, -0.2) is 4.58 Å². The average molecular weight is 448 g/mol. The average Bonchev–Trinajstić information content (AvgIpc) is 2.95. The van der Waals surface area contributed by atoms with E-state index in [1.165, 1.54) is 10.7 Å². The molecule has 2 heterocycles. The molecule has 1 N–H and O–H groups in total. The zero-order valence-corrected chi connectivity index (χ0v) is 18.7. The highest BCUT2D eigenvalue weighted by atomic mass is 79.9. The van der Waals surface area contributed by atoms with Gasteiger partial charge < -0.3 is 5.11 Å². The Bertz CT molecular complexity index is 830. The van der Waals surface area contributed by atoms with Crippen LogP contribution in [0.15, 0.2) is 54.6 Å². The van der Waals surface area contributed by atoms with Gasteiger partial charge in [-0.2, -0.15) is 4.90 Å². The van der Waals surface area contributed by atoms with Crippen molar-refractivity contribution in [2.45, 2.75) is 38.3 Å². The fraction of sp³-hybridized carbons (Fsp3) is 0.409. The standard InChI is InChI=1S/C22H27N2OS.BrH/c1-21(2,3)17-10-12-18(13-11-17)22(25)16-23-14-7-15-26-20(23)24(22)19-8-5-4-6-9-19;/h4-6,8-13,25H,7,14-16H2,1-3H3;1H/q+1;. The topological polar surface area (TPSA) is 26.5 Å². The Hall–Kier alpha value is -1.30. The van der Waals surface area contributed by atoms with Gasteiger partial charge >= 0.3 is 5.17 Å². The summed E-state index contributed by atoms with van der Waals surface area (Å²) in [4.78, 5) is 2.13. The van der Waals surface area contributed by atoms with E-state index in [1.807, 2.05) is 30.0 Å². The molecule has 2 aliphatic heterocycles. The molecule has 2 aliphatic rings. The van der Waals surface area contributed by atoms with Crippen molar-refractivity contribution in [3.05, 3.63) is 65.7 Å². The highest BCUT2D eigenvalue weighted by Gasteiger charge is 2.55. The minimum absolute atomic E-state index is 0. The quantitative estimate of drug-likeness (QED) is 0.673. The SMILES string of the molecule is Br.CC(C)(C)c1ccc(C2(O)C[N+]3=C(SCCC3)N2c2ccccc2)cc1. The van der Waals surface area contributed by atoms with E-state index >= 15 is 0 Å². The molecule has 3 nitrogen and oxygen atoms in total. The molecule has 0 saturated carbocycles. The van der Waals surface area contributed by atoms with Gasteiger partial charge in [0.25, 0.3) is 5.72 Å². The van der Waals surface area contributed by atoms with Gasteiger partial charge in [0.2, 0.25) is 0 Å². The third-order valence-corrected chi connectivity index (χ3v) is 6.47. The number of anilines is 1. The Morgan fingerprint density at radius 1 is 1.04 bits per heavy atom. The first-order valence-electron chi connectivity index (χ1n) is 9.33. The van der Waals surface area contributed by atoms with Gasteiger partial charge in [-0.3, -0.25) is 0 Å². The van der Waals surface area contributed by atoms with Crippen molar-refractivity contribution in [3.8, 4) is 0 Å². The number of aliphatic hydroxyl groups is 1. The molecule has 0 bridgehead atoms. The molecule has 0 amide bonds. The molecule has 0 fully saturated rings. The van der Waals surface area contributed by atoms with Gasteiger partial charge in [-0.15, -0.1) is 17.0 Å². The summed E-state index contributed by atoms with van der Waals surface area (Å²) >= 11 is 1.85. The highest BCUT2D eigenvalue weighted by Crippen LogP contribution is 2.40. The second-order valence-electron chi connectivity index (χ2n) is 8.22. The molecular formula is C22H28BrN2OS+. The van der Waals surface area contributed by atoms with Gasteiger partial charge in [0, 0.05) is 11.3 Å². The summed E-state index contributed by atoms with van der Waals surface area (Å²) in [6.07, 6.45) is 1.16. The lowest BCUT2D eigenvalue weighted by molar-refractivity contribution is -0.532. The monoisotopic (exact) mass is 447 g/mol. The number of thioether (sulfide) groups is 1. The molecule has 4 rings (SSSR count). The van der Waals surface area contributed by atoms with Gasteiger partial charge in [0.1, 0.15) is 5.69 Å². The van der Waals surface area contributed by atoms with Crippen LogP contribution in [-0.2, 0) is 11.1 Å². The fourth-order valence-electron chi connectivity index (χ4n) is 3.81. The maximum Gasteiger partial charge on any atom is 0.316 e. The van der Waals surface area contributed by atoms with Gasteiger partial charge in [-0.05, 0) is 41.3 Å². The van der Waals surface area contributed by atoms with Crippen LogP contribution in [0.5, 0.6) is 0 Å². The smallest absolute Gasteiger partial charge is 0.316 e. The van der Waals surface area contributed by atoms with Crippen LogP contribution >= 0.6 is 28.7 Å². The largest absolute Gasteiger partial charge is 0.346 e. The first kappa shape index (κ1) is 20.4. The third-order valence-electron chi connectivity index (χ3n) is 5.27. The summed E-state index contributed by atoms with van der Waals surface area (Å²) in [5, 5.41) is 13.0. The minimum atomic E-state index is -1.04. The number of hydrogen-bond donors (Lipinski definition) is 1. The van der Waals surface area contributed by atoms with Crippen molar-refractivity contribution in [3.63, 3.8) is 0 Å². The number of para-hydroxylation sites is 1. The highest BCUT2D eigenvalue weighted by molar-refractivity contribution is 8.93. The van der Waals surface area contributed by atoms with Crippen LogP contribution in [0.3, 0.4) is 0 Å². The van der Waals surface area contributed by atoms with Gasteiger partial charge in [0.05, 0.1) is 6.54 Å². The maximum absolute atomic E-state index is 11.9. The zero-order chi connectivity index (χ0) is 18.4. The number of benzene rings is 2. The first-order chi connectivity index (χ1) is 12.4. The molecule has 27 heavy (non-hydrogen) atoms. The summed E-state index contributed by atoms with van der Waals surface area (Å²) < 4.78 is 2.33. The summed E-state index contributed by atoms with van der Waals surface area (Å²) in [5.74, 6) is 1.11. The minimum Gasteiger partial charge on any atom is -0.346 e. The van der Waals surface area contributed by atoms with Crippen molar-refractivity contribution in [2.75, 3.05) is 23.7 Å². The van der Waals surface area contributed by atoms with E-state index in [1.54, 1.807) is 0 Å². The molecule has 0 aromatic heterocycles.